The Morgan fingerprint density at radius 2 is 0.591 bits per heavy atom. The zero-order valence-corrected chi connectivity index (χ0v) is 28.1. The number of hydrogen-bond donors (Lipinski definition) is 4. The van der Waals surface area contributed by atoms with Crippen molar-refractivity contribution in [2.24, 2.45) is 0 Å². The van der Waals surface area contributed by atoms with E-state index < -0.39 is 24.4 Å². The van der Waals surface area contributed by atoms with Gasteiger partial charge < -0.3 is 20.4 Å². The first-order chi connectivity index (χ1) is 21.1. The van der Waals surface area contributed by atoms with Crippen LogP contribution in [0.3, 0.4) is 0 Å². The lowest BCUT2D eigenvalue weighted by Gasteiger charge is -2.11. The summed E-state index contributed by atoms with van der Waals surface area (Å²) < 4.78 is 0. The second-order valence-electron chi connectivity index (χ2n) is 13.0. The third-order valence-corrected chi connectivity index (χ3v) is 8.28. The van der Waals surface area contributed by atoms with E-state index in [1.807, 2.05) is 0 Å². The van der Waals surface area contributed by atoms with Crippen LogP contribution in [0.15, 0.2) is 0 Å². The molecule has 0 amide bonds. The van der Waals surface area contributed by atoms with E-state index in [0.717, 1.165) is 64.2 Å². The zero-order valence-electron chi connectivity index (χ0n) is 28.1. The smallest absolute Gasteiger partial charge is 0.135 e. The second-order valence-corrected chi connectivity index (χ2v) is 13.0. The fraction of sp³-hybridized carbons (Fsp3) is 0.889. The van der Waals surface area contributed by atoms with Crippen LogP contribution in [-0.2, 0) is 19.2 Å². The number of unbranched alkanes of at least 4 members (excludes halogenated alkanes) is 9. The minimum atomic E-state index is -0.685. The van der Waals surface area contributed by atoms with Gasteiger partial charge in [0, 0.05) is 51.4 Å². The first-order valence-corrected chi connectivity index (χ1v) is 17.9. The molecule has 44 heavy (non-hydrogen) atoms. The van der Waals surface area contributed by atoms with Crippen LogP contribution in [0.5, 0.6) is 0 Å². The predicted molar refractivity (Wildman–Crippen MR) is 175 cm³/mol. The number of aliphatic hydroxyl groups is 4. The van der Waals surface area contributed by atoms with E-state index in [2.05, 4.69) is 13.8 Å². The zero-order chi connectivity index (χ0) is 33.0. The van der Waals surface area contributed by atoms with Crippen LogP contribution in [0.2, 0.25) is 0 Å². The number of hydrogen-bond acceptors (Lipinski definition) is 8. The van der Waals surface area contributed by atoms with Gasteiger partial charge in [0.2, 0.25) is 0 Å². The minimum Gasteiger partial charge on any atom is -0.393 e. The molecular formula is C36H66O8. The van der Waals surface area contributed by atoms with Crippen molar-refractivity contribution in [3.05, 3.63) is 0 Å². The summed E-state index contributed by atoms with van der Waals surface area (Å²) in [5.41, 5.74) is 0. The summed E-state index contributed by atoms with van der Waals surface area (Å²) in [7, 11) is 0. The van der Waals surface area contributed by atoms with Crippen LogP contribution in [-0.4, -0.2) is 68.0 Å². The predicted octanol–water partition coefficient (Wildman–Crippen LogP) is 6.89. The SMILES string of the molecule is CCCCCC(O)CC(=O)CCCCC(O)CC(=O)CCCCCCC(=O)CC(O)CCCCC(=O)CC(O)CCCCC. The largest absolute Gasteiger partial charge is 0.393 e. The van der Waals surface area contributed by atoms with Gasteiger partial charge in [0.25, 0.3) is 0 Å². The first kappa shape index (κ1) is 42.5. The molecule has 0 aliphatic carbocycles. The minimum absolute atomic E-state index is 0.0350. The maximum absolute atomic E-state index is 12.2. The standard InChI is InChI=1S/C36H66O8/c1-3-5-9-17-29(37)25-33(41)21-13-15-23-35(43)27-31(39)19-11-7-8-12-20-32(40)28-36(44)24-16-14-22-34(42)26-30(38)18-10-6-4-2/h29-30,35-38,43-44H,3-28H2,1-2H3. The number of rotatable bonds is 33. The molecule has 0 aliphatic heterocycles. The van der Waals surface area contributed by atoms with Crippen LogP contribution in [0, 0.1) is 0 Å². The average molecular weight is 627 g/mol. The molecule has 0 radical (unpaired) electrons. The number of carbonyl (C=O) groups excluding carboxylic acids is 4. The third-order valence-electron chi connectivity index (χ3n) is 8.28. The maximum Gasteiger partial charge on any atom is 0.135 e. The van der Waals surface area contributed by atoms with Crippen LogP contribution < -0.4 is 0 Å². The Morgan fingerprint density at radius 3 is 0.841 bits per heavy atom. The van der Waals surface area contributed by atoms with E-state index in [9.17, 15) is 39.6 Å². The van der Waals surface area contributed by atoms with Crippen molar-refractivity contribution in [1.29, 1.82) is 0 Å². The molecule has 0 aromatic carbocycles. The summed E-state index contributed by atoms with van der Waals surface area (Å²) in [6, 6.07) is 0. The van der Waals surface area contributed by atoms with Gasteiger partial charge in [-0.1, -0.05) is 78.1 Å². The van der Waals surface area contributed by atoms with Crippen LogP contribution in [0.4, 0.5) is 0 Å². The molecule has 0 saturated carbocycles. The van der Waals surface area contributed by atoms with Gasteiger partial charge in [-0.15, -0.1) is 0 Å². The van der Waals surface area contributed by atoms with E-state index in [-0.39, 0.29) is 48.8 Å². The molecule has 0 aromatic heterocycles. The fourth-order valence-electron chi connectivity index (χ4n) is 5.53. The highest BCUT2D eigenvalue weighted by Gasteiger charge is 2.15. The van der Waals surface area contributed by atoms with Gasteiger partial charge >= 0.3 is 0 Å². The van der Waals surface area contributed by atoms with Gasteiger partial charge in [0.15, 0.2) is 0 Å². The fourth-order valence-corrected chi connectivity index (χ4v) is 5.53. The Bertz CT molecular complexity index is 690. The lowest BCUT2D eigenvalue weighted by Crippen LogP contribution is -2.15. The Balaban J connectivity index is 3.73. The van der Waals surface area contributed by atoms with E-state index in [1.54, 1.807) is 0 Å². The van der Waals surface area contributed by atoms with Gasteiger partial charge in [0.1, 0.15) is 23.1 Å². The summed E-state index contributed by atoms with van der Waals surface area (Å²) in [4.78, 5) is 48.3. The molecule has 0 spiro atoms. The second kappa shape index (κ2) is 29.0. The molecule has 8 nitrogen and oxygen atoms in total. The monoisotopic (exact) mass is 626 g/mol. The van der Waals surface area contributed by atoms with Gasteiger partial charge in [0.05, 0.1) is 24.4 Å². The van der Waals surface area contributed by atoms with E-state index in [0.29, 0.717) is 77.0 Å². The van der Waals surface area contributed by atoms with Crippen molar-refractivity contribution in [2.75, 3.05) is 0 Å². The molecule has 258 valence electrons. The Labute approximate surface area is 267 Å². The topological polar surface area (TPSA) is 149 Å². The summed E-state index contributed by atoms with van der Waals surface area (Å²) in [5.74, 6) is 0.187. The molecular weight excluding hydrogens is 560 g/mol. The van der Waals surface area contributed by atoms with Crippen molar-refractivity contribution < 1.29 is 39.6 Å². The molecule has 0 saturated heterocycles. The van der Waals surface area contributed by atoms with Crippen LogP contribution in [0.25, 0.3) is 0 Å². The van der Waals surface area contributed by atoms with E-state index in [1.165, 1.54) is 0 Å². The summed E-state index contributed by atoms with van der Waals surface area (Å²) in [6.07, 6.45) is 14.2. The molecule has 0 heterocycles. The highest BCUT2D eigenvalue weighted by molar-refractivity contribution is 5.80. The number of carbonyl (C=O) groups is 4. The highest BCUT2D eigenvalue weighted by Crippen LogP contribution is 2.15. The van der Waals surface area contributed by atoms with Crippen molar-refractivity contribution in [3.63, 3.8) is 0 Å². The van der Waals surface area contributed by atoms with Gasteiger partial charge in [-0.25, -0.2) is 0 Å². The summed E-state index contributed by atoms with van der Waals surface area (Å²) in [6.45, 7) is 4.20. The van der Waals surface area contributed by atoms with Crippen LogP contribution in [0.1, 0.15) is 181 Å². The lowest BCUT2D eigenvalue weighted by molar-refractivity contribution is -0.122. The first-order valence-electron chi connectivity index (χ1n) is 17.9. The Kier molecular flexibility index (Phi) is 28.0. The third kappa shape index (κ3) is 28.0. The maximum atomic E-state index is 12.2. The van der Waals surface area contributed by atoms with Crippen molar-refractivity contribution in [1.82, 2.24) is 0 Å². The van der Waals surface area contributed by atoms with Gasteiger partial charge in [-0.2, -0.15) is 0 Å². The molecule has 4 unspecified atom stereocenters. The van der Waals surface area contributed by atoms with E-state index in [4.69, 9.17) is 0 Å². The van der Waals surface area contributed by atoms with Gasteiger partial charge in [-0.05, 0) is 51.4 Å². The van der Waals surface area contributed by atoms with Gasteiger partial charge in [-0.3, -0.25) is 19.2 Å². The number of Topliss-reactive ketones (excluding diaryl/α,β-unsaturated/α-hetero) is 4. The summed E-state index contributed by atoms with van der Waals surface area (Å²) >= 11 is 0. The van der Waals surface area contributed by atoms with E-state index >= 15 is 0 Å². The molecule has 0 rings (SSSR count). The van der Waals surface area contributed by atoms with Crippen molar-refractivity contribution >= 4 is 23.1 Å². The molecule has 0 aliphatic rings. The summed E-state index contributed by atoms with van der Waals surface area (Å²) in [5, 5.41) is 40.1. The molecule has 0 bridgehead atoms. The lowest BCUT2D eigenvalue weighted by atomic mass is 9.99. The van der Waals surface area contributed by atoms with Crippen LogP contribution >= 0.6 is 0 Å². The Hall–Kier alpha value is -1.48. The highest BCUT2D eigenvalue weighted by atomic mass is 16.3. The number of ketones is 4. The Morgan fingerprint density at radius 1 is 0.364 bits per heavy atom. The van der Waals surface area contributed by atoms with Crippen molar-refractivity contribution in [3.8, 4) is 0 Å². The normalized spacial score (nSPS) is 14.2. The molecule has 8 heteroatoms. The van der Waals surface area contributed by atoms with Crippen molar-refractivity contribution in [2.45, 2.75) is 205 Å². The number of aliphatic hydroxyl groups excluding tert-OH is 4. The molecule has 4 atom stereocenters. The molecule has 0 fully saturated rings. The quantitative estimate of drug-likeness (QED) is 0.0576. The molecule has 0 aromatic rings. The average Bonchev–Trinajstić information content (AvgIpc) is 2.95. The molecule has 4 N–H and O–H groups in total.